The molecule has 0 saturated carbocycles. The van der Waals surface area contributed by atoms with Crippen molar-refractivity contribution in [1.29, 1.82) is 0 Å². The first-order valence-electron chi connectivity index (χ1n) is 7.28. The standard InChI is InChI=1S/C15H16ClN5O2/c16-11-4-2-10(3-5-11)8-21-14(17)13(19-23)12(22)9-20-7-1-6-18-15(20)21/h2-5H,1,6-9,17H2. The Labute approximate surface area is 138 Å². The molecule has 0 saturated heterocycles. The van der Waals surface area contributed by atoms with E-state index in [0.717, 1.165) is 12.0 Å². The van der Waals surface area contributed by atoms with Crippen molar-refractivity contribution < 1.29 is 4.79 Å². The lowest BCUT2D eigenvalue weighted by Gasteiger charge is -2.34. The molecule has 0 fully saturated rings. The summed E-state index contributed by atoms with van der Waals surface area (Å²) in [5.41, 5.74) is 6.76. The van der Waals surface area contributed by atoms with Gasteiger partial charge in [0.25, 0.3) is 0 Å². The molecule has 0 atom stereocenters. The quantitative estimate of drug-likeness (QED) is 0.850. The van der Waals surface area contributed by atoms with Gasteiger partial charge >= 0.3 is 0 Å². The number of guanidine groups is 1. The molecular weight excluding hydrogens is 318 g/mol. The van der Waals surface area contributed by atoms with E-state index in [1.807, 2.05) is 17.0 Å². The third kappa shape index (κ3) is 3.05. The number of aliphatic imine (C=N–C) groups is 1. The van der Waals surface area contributed by atoms with Gasteiger partial charge in [-0.25, -0.2) is 0 Å². The van der Waals surface area contributed by atoms with E-state index in [2.05, 4.69) is 10.2 Å². The molecule has 8 heteroatoms. The van der Waals surface area contributed by atoms with Crippen LogP contribution in [0.15, 0.2) is 46.0 Å². The number of benzene rings is 1. The van der Waals surface area contributed by atoms with Crippen molar-refractivity contribution in [3.8, 4) is 0 Å². The molecular formula is C15H16ClN5O2. The number of nitrogens with two attached hydrogens (primary N) is 1. The summed E-state index contributed by atoms with van der Waals surface area (Å²) in [5.74, 6) is 0.268. The van der Waals surface area contributed by atoms with Gasteiger partial charge in [0, 0.05) is 18.1 Å². The van der Waals surface area contributed by atoms with Gasteiger partial charge < -0.3 is 10.6 Å². The molecule has 1 aromatic rings. The van der Waals surface area contributed by atoms with Crippen molar-refractivity contribution in [2.45, 2.75) is 13.0 Å². The number of nitroso groups, excluding NO2 is 1. The number of halogens is 1. The van der Waals surface area contributed by atoms with E-state index < -0.39 is 0 Å². The van der Waals surface area contributed by atoms with Crippen LogP contribution < -0.4 is 5.73 Å². The maximum atomic E-state index is 12.2. The number of carbonyl (C=O) groups excluding carboxylic acids is 1. The Morgan fingerprint density at radius 3 is 2.74 bits per heavy atom. The molecule has 2 aliphatic rings. The van der Waals surface area contributed by atoms with Gasteiger partial charge in [-0.1, -0.05) is 23.7 Å². The molecule has 2 N–H and O–H groups in total. The average Bonchev–Trinajstić information content (AvgIpc) is 2.64. The molecule has 120 valence electrons. The summed E-state index contributed by atoms with van der Waals surface area (Å²) in [6.07, 6.45) is 0.856. The van der Waals surface area contributed by atoms with Crippen LogP contribution in [0, 0.1) is 4.91 Å². The molecule has 0 spiro atoms. The van der Waals surface area contributed by atoms with Crippen LogP contribution in [0.5, 0.6) is 0 Å². The van der Waals surface area contributed by atoms with E-state index >= 15 is 0 Å². The molecule has 2 heterocycles. The minimum absolute atomic E-state index is 0.0445. The number of fused-ring (bicyclic) bond motifs is 1. The van der Waals surface area contributed by atoms with Crippen LogP contribution in [0.4, 0.5) is 0 Å². The highest BCUT2D eigenvalue weighted by Gasteiger charge is 2.33. The summed E-state index contributed by atoms with van der Waals surface area (Å²) in [7, 11) is 0. The molecule has 0 unspecified atom stereocenters. The summed E-state index contributed by atoms with van der Waals surface area (Å²) in [6.45, 7) is 1.80. The van der Waals surface area contributed by atoms with Gasteiger partial charge in [0.05, 0.1) is 13.1 Å². The second-order valence-corrected chi connectivity index (χ2v) is 5.85. The van der Waals surface area contributed by atoms with Crippen LogP contribution in [0.2, 0.25) is 5.02 Å². The van der Waals surface area contributed by atoms with Crippen molar-refractivity contribution in [2.24, 2.45) is 15.9 Å². The average molecular weight is 334 g/mol. The predicted octanol–water partition coefficient (Wildman–Crippen LogP) is 1.68. The summed E-state index contributed by atoms with van der Waals surface area (Å²) in [4.78, 5) is 31.3. The first-order valence-corrected chi connectivity index (χ1v) is 7.65. The normalized spacial score (nSPS) is 18.5. The van der Waals surface area contributed by atoms with Crippen LogP contribution in [0.1, 0.15) is 12.0 Å². The number of rotatable bonds is 3. The first kappa shape index (κ1) is 15.5. The number of nitrogens with zero attached hydrogens (tertiary/aromatic N) is 4. The van der Waals surface area contributed by atoms with E-state index in [0.29, 0.717) is 30.6 Å². The highest BCUT2D eigenvalue weighted by atomic mass is 35.5. The van der Waals surface area contributed by atoms with Crippen LogP contribution in [-0.4, -0.2) is 41.2 Å². The monoisotopic (exact) mass is 333 g/mol. The molecule has 0 bridgehead atoms. The Hall–Kier alpha value is -2.41. The van der Waals surface area contributed by atoms with Crippen molar-refractivity contribution in [2.75, 3.05) is 19.6 Å². The lowest BCUT2D eigenvalue weighted by Crippen LogP contribution is -2.47. The zero-order valence-corrected chi connectivity index (χ0v) is 13.2. The summed E-state index contributed by atoms with van der Waals surface area (Å²) < 4.78 is 0. The van der Waals surface area contributed by atoms with Gasteiger partial charge in [0.15, 0.2) is 5.70 Å². The van der Waals surface area contributed by atoms with Crippen LogP contribution in [0.25, 0.3) is 0 Å². The SMILES string of the molecule is NC1=C(N=O)C(=O)CN2CCCN=C2N1Cc1ccc(Cl)cc1. The Balaban J connectivity index is 2.01. The molecule has 0 aliphatic carbocycles. The summed E-state index contributed by atoms with van der Waals surface area (Å²) >= 11 is 5.90. The number of ketones is 1. The lowest BCUT2D eigenvalue weighted by atomic mass is 10.2. The Morgan fingerprint density at radius 1 is 1.30 bits per heavy atom. The zero-order chi connectivity index (χ0) is 16.4. The van der Waals surface area contributed by atoms with Crippen molar-refractivity contribution in [3.05, 3.63) is 51.3 Å². The largest absolute Gasteiger partial charge is 0.383 e. The molecule has 3 rings (SSSR count). The summed E-state index contributed by atoms with van der Waals surface area (Å²) in [5, 5.41) is 3.48. The minimum Gasteiger partial charge on any atom is -0.383 e. The maximum Gasteiger partial charge on any atom is 0.207 e. The summed E-state index contributed by atoms with van der Waals surface area (Å²) in [6, 6.07) is 7.28. The van der Waals surface area contributed by atoms with Gasteiger partial charge in [-0.05, 0) is 29.3 Å². The van der Waals surface area contributed by atoms with E-state index in [1.54, 1.807) is 17.0 Å². The Morgan fingerprint density at radius 2 is 2.04 bits per heavy atom. The molecule has 7 nitrogen and oxygen atoms in total. The second-order valence-electron chi connectivity index (χ2n) is 5.42. The predicted molar refractivity (Wildman–Crippen MR) is 87.5 cm³/mol. The molecule has 1 aromatic carbocycles. The van der Waals surface area contributed by atoms with Crippen LogP contribution in [-0.2, 0) is 11.3 Å². The Bertz CT molecular complexity index is 698. The van der Waals surface area contributed by atoms with E-state index in [9.17, 15) is 9.70 Å². The van der Waals surface area contributed by atoms with Gasteiger partial charge in [-0.15, -0.1) is 4.91 Å². The van der Waals surface area contributed by atoms with E-state index in [4.69, 9.17) is 17.3 Å². The van der Waals surface area contributed by atoms with Crippen molar-refractivity contribution in [1.82, 2.24) is 9.80 Å². The topological polar surface area (TPSA) is 91.4 Å². The van der Waals surface area contributed by atoms with Gasteiger partial charge in [0.1, 0.15) is 5.82 Å². The first-order chi connectivity index (χ1) is 11.1. The second kappa shape index (κ2) is 6.37. The fourth-order valence-electron chi connectivity index (χ4n) is 2.70. The van der Waals surface area contributed by atoms with Gasteiger partial charge in [-0.2, -0.15) is 0 Å². The van der Waals surface area contributed by atoms with Crippen molar-refractivity contribution >= 4 is 23.3 Å². The van der Waals surface area contributed by atoms with E-state index in [-0.39, 0.29) is 23.8 Å². The van der Waals surface area contributed by atoms with Crippen LogP contribution >= 0.6 is 11.6 Å². The zero-order valence-electron chi connectivity index (χ0n) is 12.4. The number of carbonyl (C=O) groups is 1. The third-order valence-electron chi connectivity index (χ3n) is 3.84. The number of hydrogen-bond donors (Lipinski definition) is 1. The molecule has 23 heavy (non-hydrogen) atoms. The highest BCUT2D eigenvalue weighted by Crippen LogP contribution is 2.22. The fraction of sp³-hybridized carbons (Fsp3) is 0.333. The number of Topliss-reactive ketones (excluding diaryl/α,β-unsaturated/α-hetero) is 1. The minimum atomic E-state index is -0.384. The van der Waals surface area contributed by atoms with Gasteiger partial charge in [0.2, 0.25) is 11.7 Å². The van der Waals surface area contributed by atoms with Crippen LogP contribution in [0.3, 0.4) is 0 Å². The number of hydrogen-bond acceptors (Lipinski definition) is 7. The Kier molecular flexibility index (Phi) is 4.29. The van der Waals surface area contributed by atoms with Crippen molar-refractivity contribution in [3.63, 3.8) is 0 Å². The molecule has 0 amide bonds. The molecule has 0 radical (unpaired) electrons. The lowest BCUT2D eigenvalue weighted by molar-refractivity contribution is -0.116. The smallest absolute Gasteiger partial charge is 0.207 e. The fourth-order valence-corrected chi connectivity index (χ4v) is 2.83. The highest BCUT2D eigenvalue weighted by molar-refractivity contribution is 6.30. The maximum absolute atomic E-state index is 12.2. The molecule has 2 aliphatic heterocycles. The van der Waals surface area contributed by atoms with Gasteiger partial charge in [-0.3, -0.25) is 14.7 Å². The molecule has 0 aromatic heterocycles. The third-order valence-corrected chi connectivity index (χ3v) is 4.09. The van der Waals surface area contributed by atoms with E-state index in [1.165, 1.54) is 0 Å².